The maximum atomic E-state index is 5.89. The standard InChI is InChI=1S/C23H28N6O2S/c1-6-19(28(4)5)21-25-27-23(29(21)13-17-10-8-7-9-11-17)32-14-20-24-26-22(31-20)18-12-15(2)30-16(18)3/h7-12,19H,6,13-14H2,1-5H3. The molecular formula is C23H28N6O2S. The van der Waals surface area contributed by atoms with Gasteiger partial charge >= 0.3 is 0 Å². The van der Waals surface area contributed by atoms with E-state index in [1.807, 2.05) is 26.0 Å². The summed E-state index contributed by atoms with van der Waals surface area (Å²) in [6, 6.07) is 12.5. The van der Waals surface area contributed by atoms with E-state index < -0.39 is 0 Å². The summed E-state index contributed by atoms with van der Waals surface area (Å²) in [4.78, 5) is 2.18. The number of hydrogen-bond donors (Lipinski definition) is 0. The number of aryl methyl sites for hydroxylation is 2. The molecule has 1 aromatic carbocycles. The first-order valence-electron chi connectivity index (χ1n) is 10.6. The number of aromatic nitrogens is 5. The molecule has 4 aromatic rings. The van der Waals surface area contributed by atoms with Crippen LogP contribution in [0.3, 0.4) is 0 Å². The van der Waals surface area contributed by atoms with E-state index in [1.54, 1.807) is 11.8 Å². The van der Waals surface area contributed by atoms with Gasteiger partial charge in [0.1, 0.15) is 11.5 Å². The van der Waals surface area contributed by atoms with Crippen molar-refractivity contribution in [3.63, 3.8) is 0 Å². The van der Waals surface area contributed by atoms with Crippen LogP contribution in [0, 0.1) is 13.8 Å². The Morgan fingerprint density at radius 3 is 2.47 bits per heavy atom. The Hall–Kier alpha value is -2.91. The second-order valence-electron chi connectivity index (χ2n) is 7.92. The molecule has 0 aliphatic carbocycles. The first-order valence-corrected chi connectivity index (χ1v) is 11.6. The Kier molecular flexibility index (Phi) is 6.76. The second kappa shape index (κ2) is 9.70. The third-order valence-electron chi connectivity index (χ3n) is 5.30. The van der Waals surface area contributed by atoms with E-state index in [0.29, 0.717) is 24.1 Å². The monoisotopic (exact) mass is 452 g/mol. The zero-order valence-corrected chi connectivity index (χ0v) is 19.9. The molecule has 0 amide bonds. The van der Waals surface area contributed by atoms with Crippen molar-refractivity contribution in [1.82, 2.24) is 29.9 Å². The maximum Gasteiger partial charge on any atom is 0.251 e. The van der Waals surface area contributed by atoms with Crippen LogP contribution in [-0.2, 0) is 12.3 Å². The topological polar surface area (TPSA) is 86.0 Å². The van der Waals surface area contributed by atoms with Crippen LogP contribution in [0.4, 0.5) is 0 Å². The second-order valence-corrected chi connectivity index (χ2v) is 8.86. The molecule has 1 unspecified atom stereocenters. The van der Waals surface area contributed by atoms with Gasteiger partial charge in [-0.3, -0.25) is 4.90 Å². The summed E-state index contributed by atoms with van der Waals surface area (Å²) in [6.45, 7) is 6.67. The number of thioether (sulfide) groups is 1. The fourth-order valence-corrected chi connectivity index (χ4v) is 4.52. The van der Waals surface area contributed by atoms with Crippen LogP contribution < -0.4 is 0 Å². The summed E-state index contributed by atoms with van der Waals surface area (Å²) in [5.41, 5.74) is 2.03. The van der Waals surface area contributed by atoms with Crippen LogP contribution in [-0.4, -0.2) is 44.0 Å². The predicted octanol–water partition coefficient (Wildman–Crippen LogP) is 4.89. The SMILES string of the molecule is CCC(c1nnc(SCc2nnc(-c3cc(C)oc3C)o2)n1Cc1ccccc1)N(C)C. The Morgan fingerprint density at radius 2 is 1.81 bits per heavy atom. The van der Waals surface area contributed by atoms with Gasteiger partial charge in [0.25, 0.3) is 5.89 Å². The summed E-state index contributed by atoms with van der Waals surface area (Å²) in [5, 5.41) is 18.3. The zero-order valence-electron chi connectivity index (χ0n) is 19.1. The van der Waals surface area contributed by atoms with E-state index in [1.165, 1.54) is 5.56 Å². The molecule has 0 fully saturated rings. The van der Waals surface area contributed by atoms with Gasteiger partial charge < -0.3 is 13.4 Å². The molecule has 0 N–H and O–H groups in total. The van der Waals surface area contributed by atoms with Crippen LogP contribution in [0.25, 0.3) is 11.5 Å². The quantitative estimate of drug-likeness (QED) is 0.332. The Balaban J connectivity index is 1.57. The van der Waals surface area contributed by atoms with Gasteiger partial charge in [0.15, 0.2) is 11.0 Å². The molecule has 168 valence electrons. The number of rotatable bonds is 9. The third kappa shape index (κ3) is 4.78. The molecule has 0 bridgehead atoms. The van der Waals surface area contributed by atoms with Crippen LogP contribution in [0.1, 0.15) is 48.2 Å². The van der Waals surface area contributed by atoms with E-state index in [2.05, 4.69) is 75.1 Å². The van der Waals surface area contributed by atoms with E-state index in [0.717, 1.165) is 34.5 Å². The van der Waals surface area contributed by atoms with Crippen molar-refractivity contribution in [1.29, 1.82) is 0 Å². The molecule has 4 rings (SSSR count). The number of hydrogen-bond acceptors (Lipinski definition) is 8. The summed E-state index contributed by atoms with van der Waals surface area (Å²) >= 11 is 1.55. The Morgan fingerprint density at radius 1 is 1.03 bits per heavy atom. The van der Waals surface area contributed by atoms with E-state index in [9.17, 15) is 0 Å². The molecule has 3 aromatic heterocycles. The summed E-state index contributed by atoms with van der Waals surface area (Å²) in [5.74, 6) is 4.07. The van der Waals surface area contributed by atoms with Gasteiger partial charge in [-0.15, -0.1) is 20.4 Å². The minimum atomic E-state index is 0.183. The molecule has 0 saturated heterocycles. The molecule has 32 heavy (non-hydrogen) atoms. The molecule has 0 spiro atoms. The normalized spacial score (nSPS) is 12.6. The van der Waals surface area contributed by atoms with Gasteiger partial charge in [-0.05, 0) is 46.0 Å². The highest BCUT2D eigenvalue weighted by Gasteiger charge is 2.23. The van der Waals surface area contributed by atoms with E-state index >= 15 is 0 Å². The predicted molar refractivity (Wildman–Crippen MR) is 123 cm³/mol. The maximum absolute atomic E-state index is 5.89. The molecule has 3 heterocycles. The van der Waals surface area contributed by atoms with Crippen molar-refractivity contribution in [2.75, 3.05) is 14.1 Å². The highest BCUT2D eigenvalue weighted by atomic mass is 32.2. The number of nitrogens with zero attached hydrogens (tertiary/aromatic N) is 6. The molecule has 0 saturated carbocycles. The lowest BCUT2D eigenvalue weighted by molar-refractivity contribution is 0.272. The largest absolute Gasteiger partial charge is 0.466 e. The van der Waals surface area contributed by atoms with Gasteiger partial charge in [-0.25, -0.2) is 0 Å². The first kappa shape index (κ1) is 22.3. The van der Waals surface area contributed by atoms with Gasteiger partial charge in [0.2, 0.25) is 5.89 Å². The highest BCUT2D eigenvalue weighted by Crippen LogP contribution is 2.30. The average molecular weight is 453 g/mol. The minimum absolute atomic E-state index is 0.183. The smallest absolute Gasteiger partial charge is 0.251 e. The number of furan rings is 1. The van der Waals surface area contributed by atoms with Crippen molar-refractivity contribution in [2.45, 2.75) is 50.7 Å². The first-order chi connectivity index (χ1) is 15.5. The van der Waals surface area contributed by atoms with Crippen LogP contribution in [0.2, 0.25) is 0 Å². The van der Waals surface area contributed by atoms with Crippen molar-refractivity contribution < 1.29 is 8.83 Å². The molecule has 0 aliphatic heterocycles. The lowest BCUT2D eigenvalue weighted by Crippen LogP contribution is -2.23. The molecule has 1 atom stereocenters. The van der Waals surface area contributed by atoms with Crippen molar-refractivity contribution in [3.8, 4) is 11.5 Å². The fraction of sp³-hybridized carbons (Fsp3) is 0.391. The summed E-state index contributed by atoms with van der Waals surface area (Å²) < 4.78 is 13.7. The van der Waals surface area contributed by atoms with Gasteiger partial charge in [0, 0.05) is 0 Å². The van der Waals surface area contributed by atoms with E-state index in [-0.39, 0.29) is 6.04 Å². The lowest BCUT2D eigenvalue weighted by atomic mass is 10.2. The highest BCUT2D eigenvalue weighted by molar-refractivity contribution is 7.98. The van der Waals surface area contributed by atoms with Crippen molar-refractivity contribution in [2.24, 2.45) is 0 Å². The molecule has 9 heteroatoms. The van der Waals surface area contributed by atoms with Gasteiger partial charge in [0.05, 0.1) is 23.9 Å². The zero-order chi connectivity index (χ0) is 22.7. The van der Waals surface area contributed by atoms with Gasteiger partial charge in [-0.1, -0.05) is 49.0 Å². The molecule has 8 nitrogen and oxygen atoms in total. The molecule has 0 radical (unpaired) electrons. The van der Waals surface area contributed by atoms with Gasteiger partial charge in [-0.2, -0.15) is 0 Å². The number of benzene rings is 1. The Labute approximate surface area is 192 Å². The molecular weight excluding hydrogens is 424 g/mol. The summed E-state index contributed by atoms with van der Waals surface area (Å²) in [6.07, 6.45) is 0.946. The molecule has 0 aliphatic rings. The van der Waals surface area contributed by atoms with Crippen molar-refractivity contribution >= 4 is 11.8 Å². The van der Waals surface area contributed by atoms with Crippen LogP contribution in [0.5, 0.6) is 0 Å². The third-order valence-corrected chi connectivity index (χ3v) is 6.25. The minimum Gasteiger partial charge on any atom is -0.466 e. The lowest BCUT2D eigenvalue weighted by Gasteiger charge is -2.23. The van der Waals surface area contributed by atoms with Crippen LogP contribution in [0.15, 0.2) is 50.4 Å². The fourth-order valence-electron chi connectivity index (χ4n) is 3.74. The average Bonchev–Trinajstić information content (AvgIpc) is 3.47. The van der Waals surface area contributed by atoms with E-state index in [4.69, 9.17) is 8.83 Å². The Bertz CT molecular complexity index is 1160. The van der Waals surface area contributed by atoms with Crippen LogP contribution >= 0.6 is 11.8 Å². The summed E-state index contributed by atoms with van der Waals surface area (Å²) in [7, 11) is 4.14. The van der Waals surface area contributed by atoms with Crippen molar-refractivity contribution in [3.05, 3.63) is 65.2 Å².